The Morgan fingerprint density at radius 1 is 1.04 bits per heavy atom. The lowest BCUT2D eigenvalue weighted by molar-refractivity contribution is 0.0905. The number of carbonyl (C=O) groups excluding carboxylic acids is 2. The van der Waals surface area contributed by atoms with Crippen molar-refractivity contribution >= 4 is 11.6 Å². The van der Waals surface area contributed by atoms with Gasteiger partial charge in [0.05, 0.1) is 5.70 Å². The van der Waals surface area contributed by atoms with Crippen LogP contribution < -0.4 is 0 Å². The average molecular weight is 324 g/mol. The highest BCUT2D eigenvalue weighted by Gasteiger charge is 2.35. The molecule has 4 nitrogen and oxygen atoms in total. The highest BCUT2D eigenvalue weighted by atomic mass is 16.1. The molecule has 24 heavy (non-hydrogen) atoms. The number of Topliss-reactive ketones (excluding diaryl/α,β-unsaturated/α-hetero) is 2. The fraction of sp³-hybridized carbons (Fsp3) is 0.400. The van der Waals surface area contributed by atoms with Gasteiger partial charge in [-0.15, -0.1) is 6.58 Å². The van der Waals surface area contributed by atoms with E-state index in [1.807, 2.05) is 12.1 Å². The van der Waals surface area contributed by atoms with Crippen LogP contribution in [0.1, 0.15) is 40.5 Å². The average Bonchev–Trinajstić information content (AvgIpc) is 2.63. The third-order valence-corrected chi connectivity index (χ3v) is 4.93. The zero-order valence-electron chi connectivity index (χ0n) is 14.3. The molecule has 0 saturated carbocycles. The van der Waals surface area contributed by atoms with Crippen LogP contribution in [-0.4, -0.2) is 54.1 Å². The van der Waals surface area contributed by atoms with E-state index in [2.05, 4.69) is 23.3 Å². The molecular formula is C20H24N2O2. The van der Waals surface area contributed by atoms with Crippen LogP contribution in [0.25, 0.3) is 0 Å². The normalized spacial score (nSPS) is 18.8. The second kappa shape index (κ2) is 7.14. The lowest BCUT2D eigenvalue weighted by Crippen LogP contribution is -2.48. The summed E-state index contributed by atoms with van der Waals surface area (Å²) in [6, 6.07) is 7.17. The van der Waals surface area contributed by atoms with Crippen molar-refractivity contribution in [3.63, 3.8) is 0 Å². The van der Waals surface area contributed by atoms with Gasteiger partial charge in [0.25, 0.3) is 0 Å². The molecule has 1 aliphatic carbocycles. The third kappa shape index (κ3) is 2.94. The molecule has 0 bridgehead atoms. The Balaban J connectivity index is 1.99. The molecule has 3 rings (SSSR count). The van der Waals surface area contributed by atoms with E-state index in [-0.39, 0.29) is 11.6 Å². The largest absolute Gasteiger partial charge is 0.365 e. The molecule has 1 heterocycles. The molecule has 0 atom stereocenters. The topological polar surface area (TPSA) is 40.6 Å². The van der Waals surface area contributed by atoms with Crippen molar-refractivity contribution in [2.45, 2.75) is 19.8 Å². The van der Waals surface area contributed by atoms with E-state index in [9.17, 15) is 9.59 Å². The number of fused-ring (bicyclic) bond motifs is 1. The van der Waals surface area contributed by atoms with Crippen molar-refractivity contribution in [3.8, 4) is 0 Å². The van der Waals surface area contributed by atoms with Gasteiger partial charge in [0, 0.05) is 42.9 Å². The molecular weight excluding hydrogens is 300 g/mol. The molecule has 4 heteroatoms. The van der Waals surface area contributed by atoms with E-state index in [4.69, 9.17) is 0 Å². The summed E-state index contributed by atoms with van der Waals surface area (Å²) in [6.45, 7) is 10.4. The van der Waals surface area contributed by atoms with Crippen molar-refractivity contribution in [3.05, 3.63) is 59.3 Å². The number of allylic oxidation sites excluding steroid dienone is 3. The smallest absolute Gasteiger partial charge is 0.210 e. The lowest BCUT2D eigenvalue weighted by atomic mass is 9.84. The number of benzene rings is 1. The molecule has 0 unspecified atom stereocenters. The van der Waals surface area contributed by atoms with Crippen molar-refractivity contribution in [1.82, 2.24) is 9.80 Å². The van der Waals surface area contributed by atoms with Gasteiger partial charge in [-0.2, -0.15) is 0 Å². The highest BCUT2D eigenvalue weighted by Crippen LogP contribution is 2.31. The van der Waals surface area contributed by atoms with Crippen LogP contribution in [0, 0.1) is 0 Å². The molecule has 126 valence electrons. The Kier molecular flexibility index (Phi) is 4.95. The standard InChI is InChI=1S/C20H24N2O2/c1-3-5-8-17-18(22-13-11-21(4-2)12-14-22)20(24)16-10-7-6-9-15(16)19(17)23/h3,6-7,9-10H,1,4-5,8,11-14H2,2H3. The number of hydrogen-bond acceptors (Lipinski definition) is 4. The number of carbonyl (C=O) groups is 2. The quantitative estimate of drug-likeness (QED) is 0.781. The summed E-state index contributed by atoms with van der Waals surface area (Å²) in [7, 11) is 0. The van der Waals surface area contributed by atoms with Crippen LogP contribution in [0.15, 0.2) is 48.2 Å². The molecule has 0 aromatic heterocycles. The van der Waals surface area contributed by atoms with Crippen LogP contribution in [-0.2, 0) is 0 Å². The van der Waals surface area contributed by atoms with Gasteiger partial charge in [-0.3, -0.25) is 9.59 Å². The Hall–Kier alpha value is -2.20. The summed E-state index contributed by atoms with van der Waals surface area (Å²) in [5.41, 5.74) is 2.36. The van der Waals surface area contributed by atoms with E-state index < -0.39 is 0 Å². The first-order valence-electron chi connectivity index (χ1n) is 8.67. The number of rotatable bonds is 5. The van der Waals surface area contributed by atoms with Crippen LogP contribution >= 0.6 is 0 Å². The first-order chi connectivity index (χ1) is 11.7. The maximum Gasteiger partial charge on any atom is 0.210 e. The minimum Gasteiger partial charge on any atom is -0.365 e. The number of likely N-dealkylation sites (N-methyl/N-ethyl adjacent to an activating group) is 1. The van der Waals surface area contributed by atoms with Crippen molar-refractivity contribution in [2.24, 2.45) is 0 Å². The van der Waals surface area contributed by atoms with E-state index in [0.29, 0.717) is 35.2 Å². The van der Waals surface area contributed by atoms with E-state index >= 15 is 0 Å². The van der Waals surface area contributed by atoms with Crippen LogP contribution in [0.5, 0.6) is 0 Å². The molecule has 0 radical (unpaired) electrons. The number of piperazine rings is 1. The lowest BCUT2D eigenvalue weighted by Gasteiger charge is -2.38. The summed E-state index contributed by atoms with van der Waals surface area (Å²) in [6.07, 6.45) is 3.08. The summed E-state index contributed by atoms with van der Waals surface area (Å²) >= 11 is 0. The SMILES string of the molecule is C=CCCC1=C(N2CCN(CC)CC2)C(=O)c2ccccc2C1=O. The minimum atomic E-state index is -0.00536. The van der Waals surface area contributed by atoms with Gasteiger partial charge >= 0.3 is 0 Å². The van der Waals surface area contributed by atoms with Crippen molar-refractivity contribution in [1.29, 1.82) is 0 Å². The second-order valence-corrected chi connectivity index (χ2v) is 6.28. The minimum absolute atomic E-state index is 0.0000267. The van der Waals surface area contributed by atoms with Gasteiger partial charge in [0.15, 0.2) is 5.78 Å². The monoisotopic (exact) mass is 324 g/mol. The van der Waals surface area contributed by atoms with Crippen molar-refractivity contribution in [2.75, 3.05) is 32.7 Å². The summed E-state index contributed by atoms with van der Waals surface area (Å²) in [5.74, 6) is -0.00539. The fourth-order valence-corrected chi connectivity index (χ4v) is 3.51. The Morgan fingerprint density at radius 2 is 1.67 bits per heavy atom. The Morgan fingerprint density at radius 3 is 2.25 bits per heavy atom. The molecule has 1 saturated heterocycles. The maximum absolute atomic E-state index is 13.1. The van der Waals surface area contributed by atoms with Crippen LogP contribution in [0.3, 0.4) is 0 Å². The molecule has 1 aromatic carbocycles. The fourth-order valence-electron chi connectivity index (χ4n) is 3.51. The van der Waals surface area contributed by atoms with Gasteiger partial charge in [0.1, 0.15) is 0 Å². The second-order valence-electron chi connectivity index (χ2n) is 6.28. The molecule has 0 N–H and O–H groups in total. The molecule has 1 fully saturated rings. The van der Waals surface area contributed by atoms with Gasteiger partial charge in [-0.1, -0.05) is 37.3 Å². The predicted molar refractivity (Wildman–Crippen MR) is 95.2 cm³/mol. The van der Waals surface area contributed by atoms with Crippen molar-refractivity contribution < 1.29 is 9.59 Å². The summed E-state index contributed by atoms with van der Waals surface area (Å²) < 4.78 is 0. The van der Waals surface area contributed by atoms with E-state index in [1.165, 1.54) is 0 Å². The van der Waals surface area contributed by atoms with Crippen LogP contribution in [0.2, 0.25) is 0 Å². The Bertz CT molecular complexity index is 697. The zero-order chi connectivity index (χ0) is 17.1. The molecule has 1 aliphatic heterocycles. The number of nitrogens with zero attached hydrogens (tertiary/aromatic N) is 2. The molecule has 0 amide bonds. The summed E-state index contributed by atoms with van der Waals surface area (Å²) in [4.78, 5) is 30.5. The highest BCUT2D eigenvalue weighted by molar-refractivity contribution is 6.26. The number of ketones is 2. The van der Waals surface area contributed by atoms with Gasteiger partial charge in [-0.25, -0.2) is 0 Å². The maximum atomic E-state index is 13.1. The predicted octanol–water partition coefficient (Wildman–Crippen LogP) is 2.92. The molecule has 2 aliphatic rings. The number of hydrogen-bond donors (Lipinski definition) is 0. The van der Waals surface area contributed by atoms with E-state index in [0.717, 1.165) is 32.7 Å². The van der Waals surface area contributed by atoms with Crippen LogP contribution in [0.4, 0.5) is 0 Å². The summed E-state index contributed by atoms with van der Waals surface area (Å²) in [5, 5.41) is 0. The van der Waals surface area contributed by atoms with Gasteiger partial charge in [-0.05, 0) is 19.4 Å². The van der Waals surface area contributed by atoms with Gasteiger partial charge < -0.3 is 9.80 Å². The molecule has 1 aromatic rings. The van der Waals surface area contributed by atoms with Gasteiger partial charge in [0.2, 0.25) is 5.78 Å². The third-order valence-electron chi connectivity index (χ3n) is 4.93. The first kappa shape index (κ1) is 16.7. The first-order valence-corrected chi connectivity index (χ1v) is 8.67. The molecule has 0 spiro atoms. The van der Waals surface area contributed by atoms with E-state index in [1.54, 1.807) is 18.2 Å². The zero-order valence-corrected chi connectivity index (χ0v) is 14.3. The Labute approximate surface area is 143 Å².